The fraction of sp³-hybridized carbons (Fsp3) is 0.368. The van der Waals surface area contributed by atoms with Gasteiger partial charge in [0.1, 0.15) is 10.1 Å². The van der Waals surface area contributed by atoms with Gasteiger partial charge >= 0.3 is 0 Å². The first kappa shape index (κ1) is 15.2. The van der Waals surface area contributed by atoms with Gasteiger partial charge in [0.25, 0.3) is 0 Å². The van der Waals surface area contributed by atoms with Gasteiger partial charge in [-0.25, -0.2) is 9.50 Å². The molecule has 0 unspecified atom stereocenters. The molecule has 2 aliphatic rings. The molecule has 1 fully saturated rings. The second-order valence-corrected chi connectivity index (χ2v) is 7.92. The van der Waals surface area contributed by atoms with Crippen molar-refractivity contribution in [2.75, 3.05) is 23.3 Å². The summed E-state index contributed by atoms with van der Waals surface area (Å²) in [5, 5.41) is 8.23. The summed E-state index contributed by atoms with van der Waals surface area (Å²) >= 11 is 3.59. The number of hydrogen-bond acceptors (Lipinski definition) is 4. The van der Waals surface area contributed by atoms with Crippen LogP contribution >= 0.6 is 15.9 Å². The maximum absolute atomic E-state index is 4.85. The number of benzene rings is 1. The van der Waals surface area contributed by atoms with Crippen molar-refractivity contribution in [1.29, 1.82) is 0 Å². The average molecular weight is 398 g/mol. The minimum atomic E-state index is 0.209. The number of para-hydroxylation sites is 1. The molecule has 0 radical (unpaired) electrons. The quantitative estimate of drug-likeness (QED) is 0.677. The van der Waals surface area contributed by atoms with Gasteiger partial charge in [-0.05, 0) is 59.8 Å². The van der Waals surface area contributed by atoms with Crippen molar-refractivity contribution in [3.05, 3.63) is 52.4 Å². The fourth-order valence-corrected chi connectivity index (χ4v) is 4.59. The van der Waals surface area contributed by atoms with Crippen LogP contribution in [0.1, 0.15) is 24.1 Å². The molecule has 25 heavy (non-hydrogen) atoms. The Bertz CT molecular complexity index is 929. The van der Waals surface area contributed by atoms with Crippen LogP contribution < -0.4 is 10.2 Å². The molecule has 4 heterocycles. The largest absolute Gasteiger partial charge is 0.379 e. The van der Waals surface area contributed by atoms with Crippen LogP contribution in [-0.2, 0) is 6.42 Å². The zero-order valence-electron chi connectivity index (χ0n) is 14.2. The van der Waals surface area contributed by atoms with Crippen LogP contribution in [0.4, 0.5) is 11.5 Å². The molecule has 0 aliphatic carbocycles. The highest BCUT2D eigenvalue weighted by atomic mass is 79.9. The Morgan fingerprint density at radius 2 is 1.96 bits per heavy atom. The van der Waals surface area contributed by atoms with E-state index in [-0.39, 0.29) is 5.54 Å². The van der Waals surface area contributed by atoms with E-state index in [9.17, 15) is 0 Å². The molecular formula is C19H20BrN5. The fourth-order valence-electron chi connectivity index (χ4n) is 4.22. The van der Waals surface area contributed by atoms with Gasteiger partial charge in [0.2, 0.25) is 0 Å². The topological polar surface area (TPSA) is 45.5 Å². The third kappa shape index (κ3) is 2.34. The highest BCUT2D eigenvalue weighted by Gasteiger charge is 2.39. The Morgan fingerprint density at radius 3 is 2.76 bits per heavy atom. The lowest BCUT2D eigenvalue weighted by molar-refractivity contribution is 0.374. The molecule has 5 rings (SSSR count). The molecule has 1 spiro atoms. The first-order valence-corrected chi connectivity index (χ1v) is 9.55. The van der Waals surface area contributed by atoms with Gasteiger partial charge in [0, 0.05) is 24.3 Å². The summed E-state index contributed by atoms with van der Waals surface area (Å²) in [6.45, 7) is 4.04. The standard InChI is InChI=1S/C19H20BrN5/c1-13-17(20)25-16(6-9-21-25)18(22-13)24-10-7-19(8-11-24)12-14-4-2-3-5-15(14)23-19/h2-6,9,23H,7-8,10-12H2,1H3. The first-order valence-electron chi connectivity index (χ1n) is 8.76. The predicted molar refractivity (Wildman–Crippen MR) is 103 cm³/mol. The van der Waals surface area contributed by atoms with Crippen molar-refractivity contribution in [2.24, 2.45) is 0 Å². The van der Waals surface area contributed by atoms with E-state index in [1.165, 1.54) is 11.3 Å². The van der Waals surface area contributed by atoms with Crippen LogP contribution in [0.3, 0.4) is 0 Å². The molecule has 0 amide bonds. The molecule has 0 bridgehead atoms. The van der Waals surface area contributed by atoms with Crippen LogP contribution in [0.2, 0.25) is 0 Å². The number of anilines is 2. The highest BCUT2D eigenvalue weighted by Crippen LogP contribution is 2.40. The van der Waals surface area contributed by atoms with Crippen LogP contribution in [0.15, 0.2) is 41.1 Å². The second kappa shape index (κ2) is 5.46. The van der Waals surface area contributed by atoms with Crippen LogP contribution in [0, 0.1) is 6.92 Å². The molecule has 128 valence electrons. The van der Waals surface area contributed by atoms with Crippen LogP contribution in [0.25, 0.3) is 5.52 Å². The molecule has 1 saturated heterocycles. The van der Waals surface area contributed by atoms with E-state index in [4.69, 9.17) is 4.98 Å². The normalized spacial score (nSPS) is 18.6. The number of rotatable bonds is 1. The second-order valence-electron chi connectivity index (χ2n) is 7.17. The number of nitrogens with one attached hydrogen (secondary N) is 1. The Morgan fingerprint density at radius 1 is 1.16 bits per heavy atom. The summed E-state index contributed by atoms with van der Waals surface area (Å²) in [6.07, 6.45) is 5.22. The first-order chi connectivity index (χ1) is 12.2. The van der Waals surface area contributed by atoms with Gasteiger partial charge in [-0.2, -0.15) is 5.10 Å². The van der Waals surface area contributed by atoms with Crippen LogP contribution in [0.5, 0.6) is 0 Å². The van der Waals surface area contributed by atoms with Gasteiger partial charge < -0.3 is 10.2 Å². The number of aryl methyl sites for hydroxylation is 1. The monoisotopic (exact) mass is 397 g/mol. The summed E-state index contributed by atoms with van der Waals surface area (Å²) in [7, 11) is 0. The zero-order valence-corrected chi connectivity index (χ0v) is 15.8. The van der Waals surface area contributed by atoms with E-state index >= 15 is 0 Å². The average Bonchev–Trinajstić information content (AvgIpc) is 3.23. The predicted octanol–water partition coefficient (Wildman–Crippen LogP) is 3.81. The maximum Gasteiger partial charge on any atom is 0.155 e. The number of aromatic nitrogens is 3. The highest BCUT2D eigenvalue weighted by molar-refractivity contribution is 9.10. The Hall–Kier alpha value is -2.08. The van der Waals surface area contributed by atoms with Crippen molar-refractivity contribution in [3.8, 4) is 0 Å². The van der Waals surface area contributed by atoms with Crippen molar-refractivity contribution >= 4 is 33.0 Å². The Balaban J connectivity index is 1.42. The van der Waals surface area contributed by atoms with E-state index in [1.807, 2.05) is 23.7 Å². The molecule has 3 aromatic rings. The van der Waals surface area contributed by atoms with Gasteiger partial charge in [-0.15, -0.1) is 0 Å². The lowest BCUT2D eigenvalue weighted by atomic mass is 9.85. The van der Waals surface area contributed by atoms with Crippen molar-refractivity contribution in [2.45, 2.75) is 31.7 Å². The van der Waals surface area contributed by atoms with E-state index < -0.39 is 0 Å². The molecule has 2 aliphatic heterocycles. The minimum Gasteiger partial charge on any atom is -0.379 e. The van der Waals surface area contributed by atoms with Gasteiger partial charge in [-0.3, -0.25) is 0 Å². The van der Waals surface area contributed by atoms with Gasteiger partial charge in [0.15, 0.2) is 5.82 Å². The minimum absolute atomic E-state index is 0.209. The molecule has 5 nitrogen and oxygen atoms in total. The summed E-state index contributed by atoms with van der Waals surface area (Å²) in [4.78, 5) is 7.26. The molecule has 6 heteroatoms. The number of nitrogens with zero attached hydrogens (tertiary/aromatic N) is 4. The smallest absolute Gasteiger partial charge is 0.155 e. The van der Waals surface area contributed by atoms with E-state index in [0.717, 1.165) is 54.0 Å². The molecule has 0 atom stereocenters. The summed E-state index contributed by atoms with van der Waals surface area (Å²) in [6, 6.07) is 10.7. The van der Waals surface area contributed by atoms with Crippen molar-refractivity contribution < 1.29 is 0 Å². The summed E-state index contributed by atoms with van der Waals surface area (Å²) in [5.41, 5.74) is 5.01. The van der Waals surface area contributed by atoms with Crippen molar-refractivity contribution in [1.82, 2.24) is 14.6 Å². The lowest BCUT2D eigenvalue weighted by Gasteiger charge is -2.40. The number of halogens is 1. The lowest BCUT2D eigenvalue weighted by Crippen LogP contribution is -2.48. The van der Waals surface area contributed by atoms with Crippen molar-refractivity contribution in [3.63, 3.8) is 0 Å². The Kier molecular flexibility index (Phi) is 3.32. The van der Waals surface area contributed by atoms with E-state index in [1.54, 1.807) is 0 Å². The molecule has 0 saturated carbocycles. The van der Waals surface area contributed by atoms with Crippen LogP contribution in [-0.4, -0.2) is 33.2 Å². The summed E-state index contributed by atoms with van der Waals surface area (Å²) in [5.74, 6) is 1.04. The number of hydrogen-bond donors (Lipinski definition) is 1. The summed E-state index contributed by atoms with van der Waals surface area (Å²) < 4.78 is 2.86. The maximum atomic E-state index is 4.85. The molecule has 1 aromatic carbocycles. The Labute approximate surface area is 155 Å². The number of fused-ring (bicyclic) bond motifs is 2. The van der Waals surface area contributed by atoms with Gasteiger partial charge in [-0.1, -0.05) is 18.2 Å². The third-order valence-electron chi connectivity index (χ3n) is 5.60. The van der Waals surface area contributed by atoms with Gasteiger partial charge in [0.05, 0.1) is 11.9 Å². The van der Waals surface area contributed by atoms with E-state index in [0.29, 0.717) is 0 Å². The van der Waals surface area contributed by atoms with E-state index in [2.05, 4.69) is 55.5 Å². The molecule has 1 N–H and O–H groups in total. The SMILES string of the molecule is Cc1nc(N2CCC3(CC2)Cc2ccccc2N3)c2ccnn2c1Br. The third-order valence-corrected chi connectivity index (χ3v) is 6.51. The molecule has 2 aromatic heterocycles. The zero-order chi connectivity index (χ0) is 17.0. The number of piperidine rings is 1. The molecular weight excluding hydrogens is 378 g/mol.